The molecule has 0 radical (unpaired) electrons. The molecular formula is C15H18N2O2. The van der Waals surface area contributed by atoms with E-state index in [0.29, 0.717) is 6.61 Å². The first kappa shape index (κ1) is 13.3. The molecule has 0 aliphatic carbocycles. The Kier molecular flexibility index (Phi) is 4.34. The molecule has 4 heteroatoms. The Morgan fingerprint density at radius 2 is 2.11 bits per heavy atom. The number of carbonyl (C=O) groups excluding carboxylic acids is 1. The first-order valence-corrected chi connectivity index (χ1v) is 6.46. The van der Waals surface area contributed by atoms with E-state index in [1.165, 1.54) is 0 Å². The molecule has 0 saturated carbocycles. The molecule has 0 aliphatic rings. The SMILES string of the molecule is CCC(C)C(=O)OCc1ccc(-n2cccn2)cc1. The topological polar surface area (TPSA) is 44.1 Å². The molecule has 100 valence electrons. The highest BCUT2D eigenvalue weighted by Gasteiger charge is 2.11. The van der Waals surface area contributed by atoms with Crippen LogP contribution in [0.15, 0.2) is 42.7 Å². The van der Waals surface area contributed by atoms with Gasteiger partial charge in [-0.1, -0.05) is 26.0 Å². The molecule has 1 unspecified atom stereocenters. The third kappa shape index (κ3) is 3.44. The van der Waals surface area contributed by atoms with E-state index >= 15 is 0 Å². The molecule has 1 heterocycles. The quantitative estimate of drug-likeness (QED) is 0.774. The summed E-state index contributed by atoms with van der Waals surface area (Å²) < 4.78 is 7.04. The summed E-state index contributed by atoms with van der Waals surface area (Å²) >= 11 is 0. The lowest BCUT2D eigenvalue weighted by atomic mass is 10.1. The minimum atomic E-state index is -0.140. The van der Waals surface area contributed by atoms with E-state index in [1.54, 1.807) is 10.9 Å². The van der Waals surface area contributed by atoms with Crippen LogP contribution in [0.3, 0.4) is 0 Å². The number of aromatic nitrogens is 2. The average molecular weight is 258 g/mol. The number of nitrogens with zero attached hydrogens (tertiary/aromatic N) is 2. The van der Waals surface area contributed by atoms with Gasteiger partial charge < -0.3 is 4.74 Å². The molecular weight excluding hydrogens is 240 g/mol. The first-order valence-electron chi connectivity index (χ1n) is 6.46. The largest absolute Gasteiger partial charge is 0.461 e. The zero-order valence-electron chi connectivity index (χ0n) is 11.2. The van der Waals surface area contributed by atoms with E-state index in [4.69, 9.17) is 4.74 Å². The highest BCUT2D eigenvalue weighted by atomic mass is 16.5. The van der Waals surface area contributed by atoms with Gasteiger partial charge in [0, 0.05) is 12.4 Å². The maximum Gasteiger partial charge on any atom is 0.308 e. The number of esters is 1. The van der Waals surface area contributed by atoms with Gasteiger partial charge in [-0.25, -0.2) is 4.68 Å². The second-order valence-corrected chi connectivity index (χ2v) is 4.53. The van der Waals surface area contributed by atoms with Gasteiger partial charge in [0.1, 0.15) is 6.61 Å². The fourth-order valence-corrected chi connectivity index (χ4v) is 1.63. The van der Waals surface area contributed by atoms with Gasteiger partial charge in [-0.15, -0.1) is 0 Å². The van der Waals surface area contributed by atoms with Gasteiger partial charge in [0.05, 0.1) is 11.6 Å². The van der Waals surface area contributed by atoms with Crippen LogP contribution in [0.2, 0.25) is 0 Å². The van der Waals surface area contributed by atoms with Crippen LogP contribution in [-0.2, 0) is 16.1 Å². The average Bonchev–Trinajstić information content (AvgIpc) is 2.98. The van der Waals surface area contributed by atoms with Crippen LogP contribution < -0.4 is 0 Å². The second-order valence-electron chi connectivity index (χ2n) is 4.53. The maximum atomic E-state index is 11.6. The van der Waals surface area contributed by atoms with Gasteiger partial charge in [0.15, 0.2) is 0 Å². The predicted octanol–water partition coefficient (Wildman–Crippen LogP) is 2.96. The van der Waals surface area contributed by atoms with Crippen molar-refractivity contribution in [3.8, 4) is 5.69 Å². The summed E-state index contributed by atoms with van der Waals surface area (Å²) in [7, 11) is 0. The molecule has 1 aromatic carbocycles. The smallest absolute Gasteiger partial charge is 0.308 e. The van der Waals surface area contributed by atoms with Crippen molar-refractivity contribution in [1.82, 2.24) is 9.78 Å². The Bertz CT molecular complexity index is 518. The minimum Gasteiger partial charge on any atom is -0.461 e. The van der Waals surface area contributed by atoms with Crippen LogP contribution in [0.4, 0.5) is 0 Å². The summed E-state index contributed by atoms with van der Waals surface area (Å²) in [6, 6.07) is 9.68. The monoisotopic (exact) mass is 258 g/mol. The van der Waals surface area contributed by atoms with Gasteiger partial charge in [-0.3, -0.25) is 4.79 Å². The third-order valence-corrected chi connectivity index (χ3v) is 3.10. The van der Waals surface area contributed by atoms with Gasteiger partial charge in [-0.2, -0.15) is 5.10 Å². The normalized spacial score (nSPS) is 12.1. The standard InChI is InChI=1S/C15H18N2O2/c1-3-12(2)15(18)19-11-13-5-7-14(8-6-13)17-10-4-9-16-17/h4-10,12H,3,11H2,1-2H3. The van der Waals surface area contributed by atoms with Crippen LogP contribution >= 0.6 is 0 Å². The third-order valence-electron chi connectivity index (χ3n) is 3.10. The van der Waals surface area contributed by atoms with Crippen molar-refractivity contribution in [3.05, 3.63) is 48.3 Å². The molecule has 19 heavy (non-hydrogen) atoms. The van der Waals surface area contributed by atoms with Gasteiger partial charge in [0.25, 0.3) is 0 Å². The molecule has 1 aromatic heterocycles. The number of ether oxygens (including phenoxy) is 1. The summed E-state index contributed by atoms with van der Waals surface area (Å²) in [4.78, 5) is 11.6. The molecule has 4 nitrogen and oxygen atoms in total. The van der Waals surface area contributed by atoms with Crippen LogP contribution in [0.1, 0.15) is 25.8 Å². The summed E-state index contributed by atoms with van der Waals surface area (Å²) in [5.74, 6) is -0.179. The summed E-state index contributed by atoms with van der Waals surface area (Å²) in [5.41, 5.74) is 1.97. The van der Waals surface area contributed by atoms with Crippen LogP contribution in [0.25, 0.3) is 5.69 Å². The van der Waals surface area contributed by atoms with Crippen LogP contribution in [-0.4, -0.2) is 15.7 Å². The van der Waals surface area contributed by atoms with Crippen LogP contribution in [0, 0.1) is 5.92 Å². The predicted molar refractivity (Wildman–Crippen MR) is 72.8 cm³/mol. The zero-order chi connectivity index (χ0) is 13.7. The zero-order valence-corrected chi connectivity index (χ0v) is 11.2. The van der Waals surface area contributed by atoms with Crippen molar-refractivity contribution in [2.24, 2.45) is 5.92 Å². The molecule has 0 saturated heterocycles. The van der Waals surface area contributed by atoms with E-state index < -0.39 is 0 Å². The minimum absolute atomic E-state index is 0.0386. The summed E-state index contributed by atoms with van der Waals surface area (Å²) in [5, 5.41) is 4.16. The van der Waals surface area contributed by atoms with Crippen LogP contribution in [0.5, 0.6) is 0 Å². The number of hydrogen-bond donors (Lipinski definition) is 0. The molecule has 0 bridgehead atoms. The lowest BCUT2D eigenvalue weighted by molar-refractivity contribution is -0.149. The number of carbonyl (C=O) groups is 1. The molecule has 1 atom stereocenters. The number of rotatable bonds is 5. The van der Waals surface area contributed by atoms with E-state index in [0.717, 1.165) is 17.7 Å². The van der Waals surface area contributed by atoms with Crippen molar-refractivity contribution in [2.45, 2.75) is 26.9 Å². The van der Waals surface area contributed by atoms with Crippen molar-refractivity contribution in [3.63, 3.8) is 0 Å². The molecule has 2 aromatic rings. The molecule has 0 spiro atoms. The molecule has 0 N–H and O–H groups in total. The molecule has 2 rings (SSSR count). The van der Waals surface area contributed by atoms with Gasteiger partial charge in [-0.05, 0) is 30.2 Å². The van der Waals surface area contributed by atoms with Gasteiger partial charge in [0.2, 0.25) is 0 Å². The van der Waals surface area contributed by atoms with Crippen molar-refractivity contribution < 1.29 is 9.53 Å². The summed E-state index contributed by atoms with van der Waals surface area (Å²) in [6.45, 7) is 4.18. The van der Waals surface area contributed by atoms with Gasteiger partial charge >= 0.3 is 5.97 Å². The van der Waals surface area contributed by atoms with E-state index in [-0.39, 0.29) is 11.9 Å². The Balaban J connectivity index is 1.94. The lowest BCUT2D eigenvalue weighted by Gasteiger charge is -2.09. The Morgan fingerprint density at radius 1 is 1.37 bits per heavy atom. The van der Waals surface area contributed by atoms with E-state index in [9.17, 15) is 4.79 Å². The molecule has 0 fully saturated rings. The molecule has 0 aliphatic heterocycles. The Hall–Kier alpha value is -2.10. The first-order chi connectivity index (χ1) is 9.20. The fourth-order valence-electron chi connectivity index (χ4n) is 1.63. The maximum absolute atomic E-state index is 11.6. The summed E-state index contributed by atoms with van der Waals surface area (Å²) in [6.07, 6.45) is 4.43. The number of hydrogen-bond acceptors (Lipinski definition) is 3. The second kappa shape index (κ2) is 6.18. The Labute approximate surface area is 113 Å². The highest BCUT2D eigenvalue weighted by Crippen LogP contribution is 2.11. The molecule has 0 amide bonds. The van der Waals surface area contributed by atoms with Crippen molar-refractivity contribution in [2.75, 3.05) is 0 Å². The van der Waals surface area contributed by atoms with Crippen molar-refractivity contribution >= 4 is 5.97 Å². The van der Waals surface area contributed by atoms with E-state index in [1.807, 2.05) is 50.4 Å². The fraction of sp³-hybridized carbons (Fsp3) is 0.333. The highest BCUT2D eigenvalue weighted by molar-refractivity contribution is 5.71. The lowest BCUT2D eigenvalue weighted by Crippen LogP contribution is -2.13. The van der Waals surface area contributed by atoms with Crippen molar-refractivity contribution in [1.29, 1.82) is 0 Å². The Morgan fingerprint density at radius 3 is 2.68 bits per heavy atom. The number of benzene rings is 1. The van der Waals surface area contributed by atoms with E-state index in [2.05, 4.69) is 5.10 Å².